The quantitative estimate of drug-likeness (QED) is 0.720. The molecule has 3 aromatic rings. The van der Waals surface area contributed by atoms with Crippen LogP contribution in [0.4, 0.5) is 0 Å². The van der Waals surface area contributed by atoms with Crippen LogP contribution in [0.2, 0.25) is 0 Å². The molecule has 1 aromatic carbocycles. The maximum absolute atomic E-state index is 13.1. The first-order valence-electron chi connectivity index (χ1n) is 8.26. The lowest BCUT2D eigenvalue weighted by Crippen LogP contribution is -2.42. The zero-order valence-corrected chi connectivity index (χ0v) is 13.9. The summed E-state index contributed by atoms with van der Waals surface area (Å²) in [5.41, 5.74) is 2.30. The Labute approximate surface area is 145 Å². The largest absolute Gasteiger partial charge is 0.368 e. The molecule has 0 unspecified atom stereocenters. The van der Waals surface area contributed by atoms with Crippen molar-refractivity contribution < 1.29 is 9.53 Å². The first kappa shape index (κ1) is 15.7. The van der Waals surface area contributed by atoms with E-state index >= 15 is 0 Å². The molecule has 1 atom stereocenters. The van der Waals surface area contributed by atoms with E-state index in [4.69, 9.17) is 4.74 Å². The van der Waals surface area contributed by atoms with Gasteiger partial charge in [0.05, 0.1) is 24.4 Å². The topological polar surface area (TPSA) is 68.2 Å². The number of fused-ring (bicyclic) bond motifs is 1. The van der Waals surface area contributed by atoms with Crippen molar-refractivity contribution in [3.63, 3.8) is 0 Å². The number of rotatable bonds is 2. The average molecular weight is 334 g/mol. The normalized spacial score (nSPS) is 17.6. The number of morpholine rings is 1. The second-order valence-corrected chi connectivity index (χ2v) is 6.01. The monoisotopic (exact) mass is 334 g/mol. The van der Waals surface area contributed by atoms with Crippen LogP contribution in [0.25, 0.3) is 10.9 Å². The van der Waals surface area contributed by atoms with Crippen LogP contribution < -0.4 is 0 Å². The van der Waals surface area contributed by atoms with Crippen molar-refractivity contribution in [2.24, 2.45) is 0 Å². The van der Waals surface area contributed by atoms with E-state index in [1.807, 2.05) is 48.2 Å². The molecule has 0 saturated carbocycles. The predicted octanol–water partition coefficient (Wildman–Crippen LogP) is 2.55. The van der Waals surface area contributed by atoms with Crippen LogP contribution in [-0.2, 0) is 4.74 Å². The summed E-state index contributed by atoms with van der Waals surface area (Å²) in [6.07, 6.45) is 3.23. The number of ether oxygens (including phenoxy) is 1. The summed E-state index contributed by atoms with van der Waals surface area (Å²) < 4.78 is 5.83. The Morgan fingerprint density at radius 2 is 2.08 bits per heavy atom. The highest BCUT2D eigenvalue weighted by Gasteiger charge is 2.27. The molecule has 0 spiro atoms. The Bertz CT molecular complexity index is 923. The average Bonchev–Trinajstić information content (AvgIpc) is 2.67. The fourth-order valence-electron chi connectivity index (χ4n) is 3.13. The van der Waals surface area contributed by atoms with Crippen LogP contribution in [-0.4, -0.2) is 45.5 Å². The number of pyridine rings is 1. The van der Waals surface area contributed by atoms with Gasteiger partial charge in [-0.25, -0.2) is 9.97 Å². The summed E-state index contributed by atoms with van der Waals surface area (Å²) in [6.45, 7) is 3.38. The third-order valence-electron chi connectivity index (χ3n) is 4.36. The maximum atomic E-state index is 13.1. The van der Waals surface area contributed by atoms with E-state index < -0.39 is 0 Å². The van der Waals surface area contributed by atoms with Crippen LogP contribution >= 0.6 is 0 Å². The highest BCUT2D eigenvalue weighted by atomic mass is 16.5. The molecule has 0 aliphatic carbocycles. The minimum absolute atomic E-state index is 0.00215. The van der Waals surface area contributed by atoms with Gasteiger partial charge in [-0.3, -0.25) is 9.78 Å². The molecule has 1 fully saturated rings. The first-order chi connectivity index (χ1) is 12.2. The van der Waals surface area contributed by atoms with Crippen molar-refractivity contribution in [3.8, 4) is 0 Å². The second kappa shape index (κ2) is 6.57. The van der Waals surface area contributed by atoms with Gasteiger partial charge in [0.15, 0.2) is 0 Å². The fourth-order valence-corrected chi connectivity index (χ4v) is 3.13. The number of aromatic nitrogens is 3. The molecule has 25 heavy (non-hydrogen) atoms. The van der Waals surface area contributed by atoms with Crippen molar-refractivity contribution in [3.05, 3.63) is 65.9 Å². The SMILES string of the molecule is Cc1nccc([C@H]2CN(C(=O)c3cccc4ncccc34)CCO2)n1. The third-order valence-corrected chi connectivity index (χ3v) is 4.36. The molecule has 2 aromatic heterocycles. The molecule has 0 N–H and O–H groups in total. The van der Waals surface area contributed by atoms with Gasteiger partial charge in [-0.2, -0.15) is 0 Å². The number of hydrogen-bond donors (Lipinski definition) is 0. The Balaban J connectivity index is 1.61. The summed E-state index contributed by atoms with van der Waals surface area (Å²) in [4.78, 5) is 27.8. The molecular formula is C19H18N4O2. The molecule has 6 nitrogen and oxygen atoms in total. The number of hydrogen-bond acceptors (Lipinski definition) is 5. The van der Waals surface area contributed by atoms with Gasteiger partial charge in [0.2, 0.25) is 0 Å². The molecule has 0 radical (unpaired) electrons. The Morgan fingerprint density at radius 1 is 1.16 bits per heavy atom. The molecule has 126 valence electrons. The summed E-state index contributed by atoms with van der Waals surface area (Å²) >= 11 is 0. The van der Waals surface area contributed by atoms with Gasteiger partial charge in [0, 0.05) is 29.9 Å². The van der Waals surface area contributed by atoms with Crippen LogP contribution in [0.15, 0.2) is 48.8 Å². The van der Waals surface area contributed by atoms with Gasteiger partial charge in [-0.1, -0.05) is 12.1 Å². The lowest BCUT2D eigenvalue weighted by atomic mass is 10.1. The Kier molecular flexibility index (Phi) is 4.11. The van der Waals surface area contributed by atoms with E-state index in [9.17, 15) is 4.79 Å². The minimum Gasteiger partial charge on any atom is -0.368 e. The van der Waals surface area contributed by atoms with E-state index in [0.717, 1.165) is 16.6 Å². The summed E-state index contributed by atoms with van der Waals surface area (Å²) in [7, 11) is 0. The highest BCUT2D eigenvalue weighted by molar-refractivity contribution is 6.06. The number of benzene rings is 1. The molecule has 6 heteroatoms. The lowest BCUT2D eigenvalue weighted by molar-refractivity contribution is -0.0247. The van der Waals surface area contributed by atoms with Crippen molar-refractivity contribution in [1.82, 2.24) is 19.9 Å². The fraction of sp³-hybridized carbons (Fsp3) is 0.263. The summed E-state index contributed by atoms with van der Waals surface area (Å²) in [5.74, 6) is 0.697. The van der Waals surface area contributed by atoms with Crippen molar-refractivity contribution in [1.29, 1.82) is 0 Å². The number of nitrogens with zero attached hydrogens (tertiary/aromatic N) is 4. The van der Waals surface area contributed by atoms with Crippen LogP contribution in [0.5, 0.6) is 0 Å². The molecule has 4 rings (SSSR count). The zero-order valence-electron chi connectivity index (χ0n) is 13.9. The number of carbonyl (C=O) groups excluding carboxylic acids is 1. The molecule has 0 bridgehead atoms. The van der Waals surface area contributed by atoms with Gasteiger partial charge < -0.3 is 9.64 Å². The smallest absolute Gasteiger partial charge is 0.254 e. The van der Waals surface area contributed by atoms with E-state index in [-0.39, 0.29) is 12.0 Å². The first-order valence-corrected chi connectivity index (χ1v) is 8.26. The van der Waals surface area contributed by atoms with E-state index in [1.165, 1.54) is 0 Å². The molecule has 1 amide bonds. The van der Waals surface area contributed by atoms with Gasteiger partial charge in [0.1, 0.15) is 11.9 Å². The van der Waals surface area contributed by atoms with Gasteiger partial charge in [0.25, 0.3) is 5.91 Å². The zero-order chi connectivity index (χ0) is 17.2. The van der Waals surface area contributed by atoms with Gasteiger partial charge >= 0.3 is 0 Å². The number of carbonyl (C=O) groups is 1. The Morgan fingerprint density at radius 3 is 2.96 bits per heavy atom. The summed E-state index contributed by atoms with van der Waals surface area (Å²) in [5, 5.41) is 0.871. The van der Waals surface area contributed by atoms with Crippen molar-refractivity contribution in [2.75, 3.05) is 19.7 Å². The molecule has 1 aliphatic heterocycles. The van der Waals surface area contributed by atoms with Crippen molar-refractivity contribution >= 4 is 16.8 Å². The van der Waals surface area contributed by atoms with Crippen LogP contribution in [0, 0.1) is 6.92 Å². The van der Waals surface area contributed by atoms with E-state index in [0.29, 0.717) is 31.1 Å². The van der Waals surface area contributed by atoms with Crippen molar-refractivity contribution in [2.45, 2.75) is 13.0 Å². The number of aryl methyl sites for hydroxylation is 1. The van der Waals surface area contributed by atoms with Gasteiger partial charge in [-0.15, -0.1) is 0 Å². The standard InChI is InChI=1S/C19H18N4O2/c1-13-20-9-7-17(22-13)18-12-23(10-11-25-18)19(24)15-4-2-6-16-14(15)5-3-8-21-16/h2-9,18H,10-12H2,1H3/t18-/m1/s1. The second-order valence-electron chi connectivity index (χ2n) is 6.01. The highest BCUT2D eigenvalue weighted by Crippen LogP contribution is 2.24. The van der Waals surface area contributed by atoms with Crippen LogP contribution in [0.3, 0.4) is 0 Å². The van der Waals surface area contributed by atoms with Crippen LogP contribution in [0.1, 0.15) is 28.0 Å². The summed E-state index contributed by atoms with van der Waals surface area (Å²) in [6, 6.07) is 11.3. The lowest BCUT2D eigenvalue weighted by Gasteiger charge is -2.33. The van der Waals surface area contributed by atoms with E-state index in [2.05, 4.69) is 15.0 Å². The maximum Gasteiger partial charge on any atom is 0.254 e. The number of amides is 1. The molecule has 1 saturated heterocycles. The third kappa shape index (κ3) is 3.08. The molecular weight excluding hydrogens is 316 g/mol. The molecule has 3 heterocycles. The van der Waals surface area contributed by atoms with Gasteiger partial charge in [-0.05, 0) is 31.2 Å². The van der Waals surface area contributed by atoms with E-state index in [1.54, 1.807) is 12.4 Å². The Hall–Kier alpha value is -2.86. The molecule has 1 aliphatic rings. The predicted molar refractivity (Wildman–Crippen MR) is 93.1 cm³/mol. The minimum atomic E-state index is -0.229.